The zero-order valence-electron chi connectivity index (χ0n) is 13.7. The van der Waals surface area contributed by atoms with Crippen LogP contribution in [0.3, 0.4) is 0 Å². The van der Waals surface area contributed by atoms with Crippen molar-refractivity contribution in [3.05, 3.63) is 60.0 Å². The van der Waals surface area contributed by atoms with Gasteiger partial charge in [-0.25, -0.2) is 13.9 Å². The van der Waals surface area contributed by atoms with E-state index in [1.165, 1.54) is 12.1 Å². The van der Waals surface area contributed by atoms with Crippen molar-refractivity contribution >= 4 is 16.9 Å². The zero-order chi connectivity index (χ0) is 17.4. The molecule has 1 fully saturated rings. The molecular weight excluding hydrogens is 319 g/mol. The predicted octanol–water partition coefficient (Wildman–Crippen LogP) is 3.42. The van der Waals surface area contributed by atoms with E-state index in [2.05, 4.69) is 0 Å². The highest BCUT2D eigenvalue weighted by Crippen LogP contribution is 2.33. The van der Waals surface area contributed by atoms with Crippen LogP contribution in [-0.2, 0) is 0 Å². The Morgan fingerprint density at radius 2 is 1.84 bits per heavy atom. The average molecular weight is 338 g/mol. The number of carbonyl (C=O) groups is 1. The summed E-state index contributed by atoms with van der Waals surface area (Å²) in [6, 6.07) is 14.1. The number of urea groups is 1. The molecule has 3 aromatic rings. The largest absolute Gasteiger partial charge is 0.351 e. The molecule has 0 bridgehead atoms. The van der Waals surface area contributed by atoms with Crippen molar-refractivity contribution < 1.29 is 9.18 Å². The fraction of sp³-hybridized carbons (Fsp3) is 0.263. The van der Waals surface area contributed by atoms with E-state index in [0.29, 0.717) is 13.1 Å². The van der Waals surface area contributed by atoms with E-state index >= 15 is 0 Å². The molecule has 1 aliphatic heterocycles. The number of primary amides is 1. The number of fused-ring (bicyclic) bond motifs is 1. The van der Waals surface area contributed by atoms with Gasteiger partial charge in [-0.2, -0.15) is 5.10 Å². The minimum absolute atomic E-state index is 0.230. The standard InChI is InChI=1S/C19H19FN4O/c20-14-6-7-16-17(12-14)24(15-4-2-1-3-5-15)22-18(16)13-8-10-23(11-9-13)19(21)25/h1-7,12-13H,8-11H2,(H2,21,25). The molecule has 5 nitrogen and oxygen atoms in total. The second-order valence-corrected chi connectivity index (χ2v) is 6.39. The molecule has 1 aliphatic rings. The van der Waals surface area contributed by atoms with Gasteiger partial charge in [0.15, 0.2) is 0 Å². The summed E-state index contributed by atoms with van der Waals surface area (Å²) >= 11 is 0. The number of hydrogen-bond donors (Lipinski definition) is 1. The summed E-state index contributed by atoms with van der Waals surface area (Å²) in [6.07, 6.45) is 1.61. The van der Waals surface area contributed by atoms with Gasteiger partial charge in [0, 0.05) is 30.5 Å². The van der Waals surface area contributed by atoms with Gasteiger partial charge in [0.2, 0.25) is 0 Å². The highest BCUT2D eigenvalue weighted by atomic mass is 19.1. The van der Waals surface area contributed by atoms with Gasteiger partial charge in [0.05, 0.1) is 16.9 Å². The van der Waals surface area contributed by atoms with E-state index in [0.717, 1.165) is 35.1 Å². The van der Waals surface area contributed by atoms with Gasteiger partial charge >= 0.3 is 6.03 Å². The molecule has 2 N–H and O–H groups in total. The number of amides is 2. The Morgan fingerprint density at radius 1 is 1.12 bits per heavy atom. The van der Waals surface area contributed by atoms with Gasteiger partial charge in [-0.1, -0.05) is 18.2 Å². The number of benzene rings is 2. The van der Waals surface area contributed by atoms with E-state index in [9.17, 15) is 9.18 Å². The van der Waals surface area contributed by atoms with E-state index in [4.69, 9.17) is 10.8 Å². The number of nitrogens with zero attached hydrogens (tertiary/aromatic N) is 3. The Balaban J connectivity index is 1.76. The SMILES string of the molecule is NC(=O)N1CCC(c2nn(-c3ccccc3)c3cc(F)ccc23)CC1. The van der Waals surface area contributed by atoms with Crippen molar-refractivity contribution in [3.63, 3.8) is 0 Å². The lowest BCUT2D eigenvalue weighted by atomic mass is 9.92. The van der Waals surface area contributed by atoms with Crippen molar-refractivity contribution in [2.75, 3.05) is 13.1 Å². The van der Waals surface area contributed by atoms with Crippen molar-refractivity contribution in [2.45, 2.75) is 18.8 Å². The molecule has 6 heteroatoms. The van der Waals surface area contributed by atoms with Gasteiger partial charge in [0.1, 0.15) is 5.82 Å². The topological polar surface area (TPSA) is 64.2 Å². The van der Waals surface area contributed by atoms with Crippen LogP contribution in [0.5, 0.6) is 0 Å². The summed E-state index contributed by atoms with van der Waals surface area (Å²) < 4.78 is 15.6. The number of hydrogen-bond acceptors (Lipinski definition) is 2. The highest BCUT2D eigenvalue weighted by Gasteiger charge is 2.26. The normalized spacial score (nSPS) is 15.6. The summed E-state index contributed by atoms with van der Waals surface area (Å²) in [7, 11) is 0. The summed E-state index contributed by atoms with van der Waals surface area (Å²) in [5, 5.41) is 5.77. The molecule has 0 atom stereocenters. The molecule has 2 aromatic carbocycles. The van der Waals surface area contributed by atoms with Crippen molar-refractivity contribution in [1.29, 1.82) is 0 Å². The second kappa shape index (κ2) is 6.20. The van der Waals surface area contributed by atoms with Crippen LogP contribution in [0.2, 0.25) is 0 Å². The number of likely N-dealkylation sites (tertiary alicyclic amines) is 1. The fourth-order valence-corrected chi connectivity index (χ4v) is 3.55. The third kappa shape index (κ3) is 2.84. The average Bonchev–Trinajstić information content (AvgIpc) is 3.01. The third-order valence-corrected chi connectivity index (χ3v) is 4.87. The van der Waals surface area contributed by atoms with Crippen molar-refractivity contribution in [3.8, 4) is 5.69 Å². The van der Waals surface area contributed by atoms with E-state index in [1.807, 2.05) is 30.3 Å². The summed E-state index contributed by atoms with van der Waals surface area (Å²) in [4.78, 5) is 13.0. The Hall–Kier alpha value is -2.89. The molecule has 2 heterocycles. The molecule has 2 amide bonds. The first-order chi connectivity index (χ1) is 12.1. The molecule has 0 spiro atoms. The Morgan fingerprint density at radius 3 is 2.52 bits per heavy atom. The first kappa shape index (κ1) is 15.6. The molecule has 128 valence electrons. The minimum Gasteiger partial charge on any atom is -0.351 e. The number of halogens is 1. The summed E-state index contributed by atoms with van der Waals surface area (Å²) in [5.41, 5.74) is 7.99. The van der Waals surface area contributed by atoms with Crippen LogP contribution in [0, 0.1) is 5.82 Å². The van der Waals surface area contributed by atoms with E-state index in [1.54, 1.807) is 15.6 Å². The molecule has 25 heavy (non-hydrogen) atoms. The molecule has 0 unspecified atom stereocenters. The maximum atomic E-state index is 13.8. The Labute approximate surface area is 144 Å². The first-order valence-corrected chi connectivity index (χ1v) is 8.41. The maximum absolute atomic E-state index is 13.8. The zero-order valence-corrected chi connectivity index (χ0v) is 13.7. The third-order valence-electron chi connectivity index (χ3n) is 4.87. The molecular formula is C19H19FN4O. The number of carbonyl (C=O) groups excluding carboxylic acids is 1. The van der Waals surface area contributed by atoms with Crippen LogP contribution in [0.4, 0.5) is 9.18 Å². The molecule has 0 saturated carbocycles. The number of para-hydroxylation sites is 1. The first-order valence-electron chi connectivity index (χ1n) is 8.41. The number of aromatic nitrogens is 2. The van der Waals surface area contributed by atoms with E-state index in [-0.39, 0.29) is 17.8 Å². The van der Waals surface area contributed by atoms with Crippen LogP contribution >= 0.6 is 0 Å². The molecule has 0 radical (unpaired) electrons. The van der Waals surface area contributed by atoms with Crippen molar-refractivity contribution in [2.24, 2.45) is 5.73 Å². The Kier molecular flexibility index (Phi) is 3.87. The van der Waals surface area contributed by atoms with Gasteiger partial charge < -0.3 is 10.6 Å². The van der Waals surface area contributed by atoms with E-state index < -0.39 is 0 Å². The quantitative estimate of drug-likeness (QED) is 0.778. The molecule has 4 rings (SSSR count). The fourth-order valence-electron chi connectivity index (χ4n) is 3.55. The van der Waals surface area contributed by atoms with Gasteiger partial charge in [-0.3, -0.25) is 0 Å². The monoisotopic (exact) mass is 338 g/mol. The van der Waals surface area contributed by atoms with Gasteiger partial charge in [-0.05, 0) is 37.1 Å². The molecule has 1 aromatic heterocycles. The van der Waals surface area contributed by atoms with Crippen LogP contribution in [0.25, 0.3) is 16.6 Å². The number of rotatable bonds is 2. The summed E-state index contributed by atoms with van der Waals surface area (Å²) in [6.45, 7) is 1.25. The lowest BCUT2D eigenvalue weighted by Gasteiger charge is -2.30. The number of nitrogens with two attached hydrogens (primary N) is 1. The lowest BCUT2D eigenvalue weighted by molar-refractivity contribution is 0.190. The second-order valence-electron chi connectivity index (χ2n) is 6.39. The minimum atomic E-state index is -0.375. The van der Waals surface area contributed by atoms with Crippen LogP contribution in [-0.4, -0.2) is 33.8 Å². The van der Waals surface area contributed by atoms with Gasteiger partial charge in [-0.15, -0.1) is 0 Å². The maximum Gasteiger partial charge on any atom is 0.314 e. The summed E-state index contributed by atoms with van der Waals surface area (Å²) in [5.74, 6) is -0.0480. The molecule has 1 saturated heterocycles. The highest BCUT2D eigenvalue weighted by molar-refractivity contribution is 5.84. The number of piperidine rings is 1. The Bertz CT molecular complexity index is 914. The predicted molar refractivity (Wildman–Crippen MR) is 94.2 cm³/mol. The lowest BCUT2D eigenvalue weighted by Crippen LogP contribution is -2.41. The van der Waals surface area contributed by atoms with Crippen molar-refractivity contribution in [1.82, 2.24) is 14.7 Å². The van der Waals surface area contributed by atoms with Crippen LogP contribution in [0.1, 0.15) is 24.5 Å². The smallest absolute Gasteiger partial charge is 0.314 e. The van der Waals surface area contributed by atoms with Crippen LogP contribution in [0.15, 0.2) is 48.5 Å². The van der Waals surface area contributed by atoms with Crippen LogP contribution < -0.4 is 5.73 Å². The molecule has 0 aliphatic carbocycles. The van der Waals surface area contributed by atoms with Gasteiger partial charge in [0.25, 0.3) is 0 Å².